The highest BCUT2D eigenvalue weighted by Gasteiger charge is 2.28. The number of hydrogen-bond acceptors (Lipinski definition) is 7. The molecule has 0 saturated heterocycles. The van der Waals surface area contributed by atoms with Crippen molar-refractivity contribution in [3.63, 3.8) is 0 Å². The summed E-state index contributed by atoms with van der Waals surface area (Å²) in [6, 6.07) is 15.9. The van der Waals surface area contributed by atoms with Crippen LogP contribution in [-0.2, 0) is 14.6 Å². The first-order chi connectivity index (χ1) is 14.9. The zero-order chi connectivity index (χ0) is 22.3. The number of carbonyl (C=O) groups excluding carboxylic acids is 2. The van der Waals surface area contributed by atoms with Crippen molar-refractivity contribution in [3.05, 3.63) is 84.7 Å². The van der Waals surface area contributed by atoms with Crippen molar-refractivity contribution in [2.24, 2.45) is 0 Å². The summed E-state index contributed by atoms with van der Waals surface area (Å²) in [5, 5.41) is 11.3. The molecule has 0 unspecified atom stereocenters. The molecule has 0 bridgehead atoms. The van der Waals surface area contributed by atoms with Crippen LogP contribution < -0.4 is 15.5 Å². The van der Waals surface area contributed by atoms with Crippen LogP contribution in [0.2, 0.25) is 0 Å². The van der Waals surface area contributed by atoms with E-state index in [4.69, 9.17) is 9.94 Å². The number of para-hydroxylation sites is 1. The fourth-order valence-corrected chi connectivity index (χ4v) is 4.08. The Labute approximate surface area is 178 Å². The number of hydrogen-bond donors (Lipinski definition) is 3. The molecule has 0 radical (unpaired) electrons. The van der Waals surface area contributed by atoms with E-state index in [1.54, 1.807) is 24.3 Å². The number of nitrogens with zero attached hydrogens (tertiary/aromatic N) is 1. The lowest BCUT2D eigenvalue weighted by Crippen LogP contribution is -2.49. The van der Waals surface area contributed by atoms with Crippen molar-refractivity contribution >= 4 is 21.7 Å². The van der Waals surface area contributed by atoms with E-state index >= 15 is 0 Å². The Morgan fingerprint density at radius 1 is 0.935 bits per heavy atom. The minimum absolute atomic E-state index is 0.0678. The molecule has 0 spiro atoms. The van der Waals surface area contributed by atoms with Crippen molar-refractivity contribution in [1.29, 1.82) is 0 Å². The zero-order valence-electron chi connectivity index (χ0n) is 16.1. The Morgan fingerprint density at radius 3 is 2.16 bits per heavy atom. The monoisotopic (exact) mass is 441 g/mol. The third-order valence-electron chi connectivity index (χ3n) is 4.22. The van der Waals surface area contributed by atoms with E-state index in [-0.39, 0.29) is 10.5 Å². The van der Waals surface area contributed by atoms with Crippen LogP contribution in [0.15, 0.2) is 84.0 Å². The quantitative estimate of drug-likeness (QED) is 0.359. The number of pyridine rings is 1. The molecular weight excluding hydrogens is 422 g/mol. The second-order valence-corrected chi connectivity index (χ2v) is 8.44. The Balaban J connectivity index is 1.74. The van der Waals surface area contributed by atoms with Gasteiger partial charge in [-0.1, -0.05) is 18.2 Å². The molecule has 2 aromatic carbocycles. The van der Waals surface area contributed by atoms with Crippen LogP contribution in [0.4, 0.5) is 0 Å². The van der Waals surface area contributed by atoms with Crippen molar-refractivity contribution in [1.82, 2.24) is 15.8 Å². The molecular formula is C21H19N3O6S. The van der Waals surface area contributed by atoms with E-state index in [1.165, 1.54) is 54.3 Å². The minimum atomic E-state index is -3.99. The Bertz CT molecular complexity index is 1140. The second-order valence-electron chi connectivity index (χ2n) is 6.41. The van der Waals surface area contributed by atoms with Crippen LogP contribution >= 0.6 is 0 Å². The van der Waals surface area contributed by atoms with Gasteiger partial charge in [-0.15, -0.1) is 0 Å². The van der Waals surface area contributed by atoms with Crippen LogP contribution in [0.1, 0.15) is 10.4 Å². The summed E-state index contributed by atoms with van der Waals surface area (Å²) in [6.07, 6.45) is 2.76. The van der Waals surface area contributed by atoms with Crippen molar-refractivity contribution in [3.8, 4) is 11.5 Å². The Hall–Kier alpha value is -3.76. The van der Waals surface area contributed by atoms with Gasteiger partial charge in [0.05, 0.1) is 10.6 Å². The van der Waals surface area contributed by atoms with Crippen LogP contribution in [-0.4, -0.2) is 42.2 Å². The van der Waals surface area contributed by atoms with Gasteiger partial charge in [-0.3, -0.25) is 19.8 Å². The number of rotatable bonds is 8. The summed E-state index contributed by atoms with van der Waals surface area (Å²) in [7, 11) is -3.99. The van der Waals surface area contributed by atoms with Crippen LogP contribution in [0.25, 0.3) is 0 Å². The fourth-order valence-electron chi connectivity index (χ4n) is 2.66. The largest absolute Gasteiger partial charge is 0.457 e. The minimum Gasteiger partial charge on any atom is -0.457 e. The maximum atomic E-state index is 12.8. The molecule has 31 heavy (non-hydrogen) atoms. The predicted molar refractivity (Wildman–Crippen MR) is 110 cm³/mol. The highest BCUT2D eigenvalue weighted by Crippen LogP contribution is 2.23. The lowest BCUT2D eigenvalue weighted by atomic mass is 10.2. The van der Waals surface area contributed by atoms with Crippen molar-refractivity contribution < 1.29 is 28.0 Å². The van der Waals surface area contributed by atoms with Crippen LogP contribution in [0.5, 0.6) is 11.5 Å². The molecule has 0 saturated carbocycles. The first-order valence-corrected chi connectivity index (χ1v) is 10.7. The van der Waals surface area contributed by atoms with Crippen LogP contribution in [0, 0.1) is 0 Å². The molecule has 1 aromatic heterocycles. The molecule has 3 rings (SSSR count). The number of nitrogens with one attached hydrogen (secondary N) is 2. The summed E-state index contributed by atoms with van der Waals surface area (Å²) < 4.78 is 31.2. The third kappa shape index (κ3) is 5.87. The molecule has 9 nitrogen and oxygen atoms in total. The molecule has 3 aromatic rings. The molecule has 0 aliphatic carbocycles. The molecule has 1 heterocycles. The van der Waals surface area contributed by atoms with Gasteiger partial charge in [0, 0.05) is 18.0 Å². The van der Waals surface area contributed by atoms with Gasteiger partial charge in [0.15, 0.2) is 9.84 Å². The maximum absolute atomic E-state index is 12.8. The third-order valence-corrected chi connectivity index (χ3v) is 5.98. The standard InChI is InChI=1S/C21H19N3O6S/c25-20(15-10-12-22-13-11-15)23-19(21(26)24-27)14-31(28,29)18-8-6-17(7-9-18)30-16-4-2-1-3-5-16/h1-13,19,27H,14H2,(H,23,25)(H,24,26)/t19-/m1/s1. The number of carbonyl (C=O) groups is 2. The smallest absolute Gasteiger partial charge is 0.266 e. The summed E-state index contributed by atoms with van der Waals surface area (Å²) in [6.45, 7) is 0. The van der Waals surface area contributed by atoms with Gasteiger partial charge in [0.1, 0.15) is 17.5 Å². The summed E-state index contributed by atoms with van der Waals surface area (Å²) in [4.78, 5) is 28.0. The summed E-state index contributed by atoms with van der Waals surface area (Å²) in [5.41, 5.74) is 1.57. The SMILES string of the molecule is O=C(N[C@H](CS(=O)(=O)c1ccc(Oc2ccccc2)cc1)C(=O)NO)c1ccncc1. The number of amides is 2. The van der Waals surface area contributed by atoms with Crippen molar-refractivity contribution in [2.45, 2.75) is 10.9 Å². The molecule has 10 heteroatoms. The second kappa shape index (κ2) is 9.83. The van der Waals surface area contributed by atoms with Gasteiger partial charge in [0.2, 0.25) is 0 Å². The van der Waals surface area contributed by atoms with Gasteiger partial charge in [-0.05, 0) is 48.5 Å². The van der Waals surface area contributed by atoms with E-state index in [2.05, 4.69) is 10.3 Å². The number of aromatic nitrogens is 1. The topological polar surface area (TPSA) is 135 Å². The highest BCUT2D eigenvalue weighted by atomic mass is 32.2. The predicted octanol–water partition coefficient (Wildman–Crippen LogP) is 1.95. The van der Waals surface area contributed by atoms with E-state index in [9.17, 15) is 18.0 Å². The Kier molecular flexibility index (Phi) is 6.96. The molecule has 0 aliphatic rings. The van der Waals surface area contributed by atoms with Crippen LogP contribution in [0.3, 0.4) is 0 Å². The van der Waals surface area contributed by atoms with Gasteiger partial charge in [-0.2, -0.15) is 0 Å². The molecule has 1 atom stereocenters. The first kappa shape index (κ1) is 21.9. The van der Waals surface area contributed by atoms with Gasteiger partial charge in [0.25, 0.3) is 11.8 Å². The first-order valence-electron chi connectivity index (χ1n) is 9.09. The number of ether oxygens (including phenoxy) is 1. The molecule has 0 aliphatic heterocycles. The Morgan fingerprint density at radius 2 is 1.55 bits per heavy atom. The van der Waals surface area contributed by atoms with E-state index in [0.717, 1.165) is 0 Å². The maximum Gasteiger partial charge on any atom is 0.266 e. The van der Waals surface area contributed by atoms with E-state index < -0.39 is 33.4 Å². The number of hydroxylamine groups is 1. The normalized spacial score (nSPS) is 11.9. The van der Waals surface area contributed by atoms with E-state index in [0.29, 0.717) is 11.5 Å². The molecule has 3 N–H and O–H groups in total. The van der Waals surface area contributed by atoms with Gasteiger partial charge in [-0.25, -0.2) is 13.9 Å². The summed E-state index contributed by atoms with van der Waals surface area (Å²) >= 11 is 0. The molecule has 0 fully saturated rings. The van der Waals surface area contributed by atoms with Crippen molar-refractivity contribution in [2.75, 3.05) is 5.75 Å². The lowest BCUT2D eigenvalue weighted by Gasteiger charge is -2.17. The average molecular weight is 441 g/mol. The lowest BCUT2D eigenvalue weighted by molar-refractivity contribution is -0.130. The average Bonchev–Trinajstić information content (AvgIpc) is 2.79. The fraction of sp³-hybridized carbons (Fsp3) is 0.0952. The van der Waals surface area contributed by atoms with Gasteiger partial charge < -0.3 is 10.1 Å². The zero-order valence-corrected chi connectivity index (χ0v) is 17.0. The molecule has 2 amide bonds. The summed E-state index contributed by atoms with van der Waals surface area (Å²) in [5.74, 6) is -1.47. The number of benzene rings is 2. The van der Waals surface area contributed by atoms with Gasteiger partial charge >= 0.3 is 0 Å². The number of sulfone groups is 1. The van der Waals surface area contributed by atoms with E-state index in [1.807, 2.05) is 6.07 Å². The molecule has 160 valence electrons. The highest BCUT2D eigenvalue weighted by molar-refractivity contribution is 7.91.